The fourth-order valence-corrected chi connectivity index (χ4v) is 0.792. The molecule has 1 rings (SSSR count). The summed E-state index contributed by atoms with van der Waals surface area (Å²) in [7, 11) is 0. The second kappa shape index (κ2) is 3.96. The molecule has 0 heterocycles. The third-order valence-electron chi connectivity index (χ3n) is 1.30. The monoisotopic (exact) mass is 146 g/mol. The van der Waals surface area contributed by atoms with Crippen molar-refractivity contribution in [2.24, 2.45) is 0 Å². The van der Waals surface area contributed by atoms with Gasteiger partial charge < -0.3 is 9.90 Å². The quantitative estimate of drug-likeness (QED) is 0.348. The molecule has 0 amide bonds. The first-order chi connectivity index (χ1) is 4.22. The van der Waals surface area contributed by atoms with Crippen LogP contribution in [0.2, 0.25) is 0 Å². The van der Waals surface area contributed by atoms with Gasteiger partial charge in [0.2, 0.25) is 5.97 Å². The van der Waals surface area contributed by atoms with E-state index in [1.165, 1.54) is 0 Å². The molecule has 0 fully saturated rings. The Hall–Kier alpha value is -0.0500. The molecule has 0 aromatic rings. The van der Waals surface area contributed by atoms with Crippen molar-refractivity contribution in [3.63, 3.8) is 0 Å². The molecular weight excluding hydrogens is 139 g/mol. The summed E-state index contributed by atoms with van der Waals surface area (Å²) >= 11 is 0. The van der Waals surface area contributed by atoms with Gasteiger partial charge in [-0.1, -0.05) is 13.3 Å². The van der Waals surface area contributed by atoms with Gasteiger partial charge in [-0.15, -0.1) is 11.6 Å². The minimum Gasteiger partial charge on any atom is -0.535 e. The average Bonchev–Trinajstić information content (AvgIpc) is 2.13. The Morgan fingerprint density at radius 1 is 1.80 bits per heavy atom. The van der Waals surface area contributed by atoms with Crippen LogP contribution in [-0.4, -0.2) is 11.1 Å². The molecule has 0 aliphatic heterocycles. The van der Waals surface area contributed by atoms with Gasteiger partial charge in [0.25, 0.3) is 0 Å². The third kappa shape index (κ3) is 1.97. The van der Waals surface area contributed by atoms with E-state index in [-0.39, 0.29) is 29.6 Å². The summed E-state index contributed by atoms with van der Waals surface area (Å²) in [5.41, 5.74) is 1.15. The van der Waals surface area contributed by atoms with E-state index in [0.29, 0.717) is 12.0 Å². The molecule has 3 heteroatoms. The van der Waals surface area contributed by atoms with E-state index in [2.05, 4.69) is 6.08 Å². The smallest absolute Gasteiger partial charge is 0.535 e. The number of allylic oxidation sites excluding steroid dienone is 2. The molecule has 0 saturated heterocycles. The summed E-state index contributed by atoms with van der Waals surface area (Å²) in [4.78, 5) is 10.3. The maximum absolute atomic E-state index is 10.3. The molecule has 0 bridgehead atoms. The van der Waals surface area contributed by atoms with Gasteiger partial charge in [-0.3, -0.25) is 0 Å². The van der Waals surface area contributed by atoms with E-state index in [1.54, 1.807) is 6.92 Å². The summed E-state index contributed by atoms with van der Waals surface area (Å²) < 4.78 is 0. The van der Waals surface area contributed by atoms with E-state index in [4.69, 9.17) is 5.11 Å². The van der Waals surface area contributed by atoms with Crippen LogP contribution < -0.4 is 29.6 Å². The van der Waals surface area contributed by atoms with E-state index in [1.807, 2.05) is 6.08 Å². The van der Waals surface area contributed by atoms with Crippen LogP contribution in [0.25, 0.3) is 0 Å². The minimum absolute atomic E-state index is 0. The van der Waals surface area contributed by atoms with Crippen molar-refractivity contribution in [2.45, 2.75) is 13.3 Å². The van der Waals surface area contributed by atoms with Crippen molar-refractivity contribution in [2.75, 3.05) is 0 Å². The van der Waals surface area contributed by atoms with Crippen molar-refractivity contribution < 1.29 is 39.5 Å². The molecule has 0 unspecified atom stereocenters. The van der Waals surface area contributed by atoms with Gasteiger partial charge in [0.05, 0.1) is 0 Å². The molecule has 0 aromatic heterocycles. The van der Waals surface area contributed by atoms with E-state index >= 15 is 0 Å². The Morgan fingerprint density at radius 3 is 2.60 bits per heavy atom. The number of aliphatic carboxylic acids is 1. The van der Waals surface area contributed by atoms with Gasteiger partial charge in [-0.2, -0.15) is 11.6 Å². The topological polar surface area (TPSA) is 37.3 Å². The van der Waals surface area contributed by atoms with Crippen molar-refractivity contribution in [1.82, 2.24) is 0 Å². The standard InChI is InChI=1S/C7H7O2.Na/c1-5-3-2-4-6(5)7(8)9;/h3H,2H2,1H3,(H,8,9);/q-1;+1. The number of hydrogen-bond acceptors (Lipinski definition) is 1. The van der Waals surface area contributed by atoms with Crippen molar-refractivity contribution in [3.8, 4) is 0 Å². The molecule has 0 atom stereocenters. The molecule has 0 spiro atoms. The van der Waals surface area contributed by atoms with Crippen LogP contribution in [0.3, 0.4) is 0 Å². The first-order valence-corrected chi connectivity index (χ1v) is 2.73. The maximum Gasteiger partial charge on any atom is 1.00 e. The summed E-state index contributed by atoms with van der Waals surface area (Å²) in [5, 5.41) is 8.44. The molecule has 10 heavy (non-hydrogen) atoms. The predicted molar refractivity (Wildman–Crippen MR) is 32.8 cm³/mol. The average molecular weight is 146 g/mol. The fourth-order valence-electron chi connectivity index (χ4n) is 0.792. The van der Waals surface area contributed by atoms with Crippen LogP contribution in [0, 0.1) is 6.08 Å². The van der Waals surface area contributed by atoms with Gasteiger partial charge >= 0.3 is 29.6 Å². The van der Waals surface area contributed by atoms with Gasteiger partial charge in [0.15, 0.2) is 0 Å². The number of rotatable bonds is 1. The third-order valence-corrected chi connectivity index (χ3v) is 1.30. The molecule has 48 valence electrons. The van der Waals surface area contributed by atoms with Crippen LogP contribution in [0.4, 0.5) is 0 Å². The van der Waals surface area contributed by atoms with Crippen molar-refractivity contribution >= 4 is 5.97 Å². The molecule has 1 aliphatic carbocycles. The summed E-state index contributed by atoms with van der Waals surface area (Å²) in [6.07, 6.45) is 5.23. The number of carboxylic acid groups (broad SMARTS) is 1. The van der Waals surface area contributed by atoms with Gasteiger partial charge in [0.1, 0.15) is 0 Å². The minimum atomic E-state index is -0.874. The summed E-state index contributed by atoms with van der Waals surface area (Å²) in [6.45, 7) is 1.78. The Balaban J connectivity index is 0.000000810. The van der Waals surface area contributed by atoms with Crippen molar-refractivity contribution in [1.29, 1.82) is 0 Å². The van der Waals surface area contributed by atoms with E-state index in [0.717, 1.165) is 5.57 Å². The number of carboxylic acids is 1. The zero-order valence-corrected chi connectivity index (χ0v) is 8.14. The summed E-state index contributed by atoms with van der Waals surface area (Å²) in [5.74, 6) is -0.874. The fraction of sp³-hybridized carbons (Fsp3) is 0.286. The number of hydrogen-bond donors (Lipinski definition) is 1. The van der Waals surface area contributed by atoms with Crippen LogP contribution >= 0.6 is 0 Å². The largest absolute Gasteiger partial charge is 1.00 e. The second-order valence-electron chi connectivity index (χ2n) is 1.95. The van der Waals surface area contributed by atoms with Crippen LogP contribution in [0.15, 0.2) is 17.2 Å². The zero-order chi connectivity index (χ0) is 6.85. The maximum atomic E-state index is 10.3. The van der Waals surface area contributed by atoms with Gasteiger partial charge in [0, 0.05) is 0 Å². The molecule has 2 nitrogen and oxygen atoms in total. The molecule has 1 aliphatic rings. The second-order valence-corrected chi connectivity index (χ2v) is 1.95. The molecule has 0 radical (unpaired) electrons. The number of carbonyl (C=O) groups is 1. The van der Waals surface area contributed by atoms with Gasteiger partial charge in [-0.05, 0) is 0 Å². The van der Waals surface area contributed by atoms with Gasteiger partial charge in [-0.25, -0.2) is 0 Å². The van der Waals surface area contributed by atoms with Crippen LogP contribution in [0.1, 0.15) is 13.3 Å². The molecule has 0 aromatic carbocycles. The molecule has 1 N–H and O–H groups in total. The normalized spacial score (nSPS) is 15.3. The van der Waals surface area contributed by atoms with Crippen molar-refractivity contribution in [3.05, 3.63) is 23.3 Å². The first-order valence-electron chi connectivity index (χ1n) is 2.73. The first kappa shape index (κ1) is 9.95. The Kier molecular flexibility index (Phi) is 3.94. The molecule has 0 saturated carbocycles. The Labute approximate surface area is 81.9 Å². The SMILES string of the molecule is CC1=CC[C-]=C1C(=O)O.[Na+]. The zero-order valence-electron chi connectivity index (χ0n) is 6.14. The van der Waals surface area contributed by atoms with Crippen LogP contribution in [0.5, 0.6) is 0 Å². The Morgan fingerprint density at radius 2 is 2.40 bits per heavy atom. The summed E-state index contributed by atoms with van der Waals surface area (Å²) in [6, 6.07) is 0. The van der Waals surface area contributed by atoms with E-state index in [9.17, 15) is 4.79 Å². The molecular formula is C7H7NaO2. The van der Waals surface area contributed by atoms with E-state index < -0.39 is 5.97 Å². The predicted octanol–water partition coefficient (Wildman–Crippen LogP) is -1.85. The Bertz CT molecular complexity index is 204. The van der Waals surface area contributed by atoms with Crippen LogP contribution in [-0.2, 0) is 4.79 Å².